The van der Waals surface area contributed by atoms with Crippen LogP contribution in [0.15, 0.2) is 41.1 Å². The van der Waals surface area contributed by atoms with E-state index in [1.165, 1.54) is 0 Å². The Morgan fingerprint density at radius 2 is 1.79 bits per heavy atom. The average Bonchev–Trinajstić information content (AvgIpc) is 2.90. The van der Waals surface area contributed by atoms with Crippen LogP contribution in [0.3, 0.4) is 0 Å². The van der Waals surface area contributed by atoms with Gasteiger partial charge in [0, 0.05) is 36.6 Å². The third-order valence-corrected chi connectivity index (χ3v) is 3.87. The summed E-state index contributed by atoms with van der Waals surface area (Å²) in [5.74, 6) is 1.80. The lowest BCUT2D eigenvalue weighted by atomic mass is 10.1. The predicted octanol–water partition coefficient (Wildman–Crippen LogP) is 2.96. The maximum Gasteiger partial charge on any atom is 0.226 e. The number of aromatic nitrogens is 3. The van der Waals surface area contributed by atoms with Gasteiger partial charge in [-0.3, -0.25) is 4.90 Å². The fourth-order valence-electron chi connectivity index (χ4n) is 2.57. The summed E-state index contributed by atoms with van der Waals surface area (Å²) in [7, 11) is 2.03. The molecule has 2 N–H and O–H groups in total. The molecule has 0 atom stereocenters. The Labute approximate surface area is 141 Å². The highest BCUT2D eigenvalue weighted by molar-refractivity contribution is 5.58. The number of nitrogens with zero attached hydrogens (tertiary/aromatic N) is 4. The number of oxazole rings is 1. The zero-order valence-corrected chi connectivity index (χ0v) is 14.2. The van der Waals surface area contributed by atoms with E-state index < -0.39 is 0 Å². The van der Waals surface area contributed by atoms with E-state index in [1.54, 1.807) is 12.4 Å². The van der Waals surface area contributed by atoms with E-state index in [4.69, 9.17) is 10.2 Å². The van der Waals surface area contributed by atoms with Crippen LogP contribution in [0.2, 0.25) is 0 Å². The third-order valence-electron chi connectivity index (χ3n) is 3.87. The van der Waals surface area contributed by atoms with E-state index in [1.807, 2.05) is 32.2 Å². The molecule has 0 aliphatic carbocycles. The molecule has 0 aliphatic heterocycles. The largest absolute Gasteiger partial charge is 0.441 e. The topological polar surface area (TPSA) is 81.1 Å². The van der Waals surface area contributed by atoms with Crippen LogP contribution >= 0.6 is 0 Å². The second kappa shape index (κ2) is 6.80. The SMILES string of the molecule is Cc1ccccc1-c1nc(CN(C)Cc2cnc(N)nc2)c(C)o1. The highest BCUT2D eigenvalue weighted by atomic mass is 16.4. The van der Waals surface area contributed by atoms with Gasteiger partial charge in [-0.2, -0.15) is 0 Å². The van der Waals surface area contributed by atoms with Crippen LogP contribution in [0.5, 0.6) is 0 Å². The Bertz CT molecular complexity index is 826. The number of rotatable bonds is 5. The van der Waals surface area contributed by atoms with Gasteiger partial charge >= 0.3 is 0 Å². The molecule has 6 nitrogen and oxygen atoms in total. The molecule has 6 heteroatoms. The third kappa shape index (κ3) is 3.60. The molecule has 2 heterocycles. The fourth-order valence-corrected chi connectivity index (χ4v) is 2.57. The first kappa shape index (κ1) is 16.1. The summed E-state index contributed by atoms with van der Waals surface area (Å²) in [6.45, 7) is 5.41. The minimum Gasteiger partial charge on any atom is -0.441 e. The zero-order valence-electron chi connectivity index (χ0n) is 14.2. The summed E-state index contributed by atoms with van der Waals surface area (Å²) < 4.78 is 5.87. The molecule has 2 aromatic heterocycles. The molecule has 1 aromatic carbocycles. The van der Waals surface area contributed by atoms with Crippen molar-refractivity contribution in [3.63, 3.8) is 0 Å². The summed E-state index contributed by atoms with van der Waals surface area (Å²) in [5.41, 5.74) is 9.64. The zero-order chi connectivity index (χ0) is 17.1. The van der Waals surface area contributed by atoms with Crippen molar-refractivity contribution < 1.29 is 4.42 Å². The molecule has 0 saturated carbocycles. The standard InChI is InChI=1S/C18H21N5O/c1-12-6-4-5-7-15(12)17-22-16(13(2)24-17)11-23(3)10-14-8-20-18(19)21-9-14/h4-9H,10-11H2,1-3H3,(H2,19,20,21). The van der Waals surface area contributed by atoms with E-state index in [2.05, 4.69) is 32.8 Å². The highest BCUT2D eigenvalue weighted by Gasteiger charge is 2.14. The first-order valence-electron chi connectivity index (χ1n) is 7.80. The second-order valence-corrected chi connectivity index (χ2v) is 5.96. The lowest BCUT2D eigenvalue weighted by Gasteiger charge is -2.14. The van der Waals surface area contributed by atoms with Gasteiger partial charge in [0.25, 0.3) is 0 Å². The van der Waals surface area contributed by atoms with Gasteiger partial charge in [0.1, 0.15) is 5.76 Å². The molecule has 124 valence electrons. The van der Waals surface area contributed by atoms with Gasteiger partial charge in [0.2, 0.25) is 11.8 Å². The highest BCUT2D eigenvalue weighted by Crippen LogP contribution is 2.25. The Hall–Kier alpha value is -2.73. The van der Waals surface area contributed by atoms with Gasteiger partial charge in [-0.15, -0.1) is 0 Å². The molecule has 0 bridgehead atoms. The van der Waals surface area contributed by atoms with E-state index in [9.17, 15) is 0 Å². The maximum atomic E-state index is 5.87. The molecule has 0 fully saturated rings. The van der Waals surface area contributed by atoms with E-state index >= 15 is 0 Å². The summed E-state index contributed by atoms with van der Waals surface area (Å²) in [5, 5.41) is 0. The quantitative estimate of drug-likeness (QED) is 0.777. The Balaban J connectivity index is 1.73. The molecule has 3 rings (SSSR count). The summed E-state index contributed by atoms with van der Waals surface area (Å²) in [6, 6.07) is 8.09. The van der Waals surface area contributed by atoms with Gasteiger partial charge in [-0.25, -0.2) is 15.0 Å². The van der Waals surface area contributed by atoms with Crippen molar-refractivity contribution in [2.24, 2.45) is 0 Å². The average molecular weight is 323 g/mol. The molecular weight excluding hydrogens is 302 g/mol. The molecule has 24 heavy (non-hydrogen) atoms. The Morgan fingerprint density at radius 1 is 1.08 bits per heavy atom. The lowest BCUT2D eigenvalue weighted by Crippen LogP contribution is -2.18. The number of benzene rings is 1. The van der Waals surface area contributed by atoms with Crippen LogP contribution in [0.1, 0.15) is 22.6 Å². The number of nitrogens with two attached hydrogens (primary N) is 1. The van der Waals surface area contributed by atoms with Crippen LogP contribution in [0.25, 0.3) is 11.5 Å². The van der Waals surface area contributed by atoms with Gasteiger partial charge in [0.15, 0.2) is 0 Å². The minimum absolute atomic E-state index is 0.289. The van der Waals surface area contributed by atoms with Crippen molar-refractivity contribution in [2.45, 2.75) is 26.9 Å². The summed E-state index contributed by atoms with van der Waals surface area (Å²) in [6.07, 6.45) is 3.49. The number of nitrogen functional groups attached to an aromatic ring is 1. The Morgan fingerprint density at radius 3 is 2.50 bits per heavy atom. The molecule has 0 amide bonds. The van der Waals surface area contributed by atoms with Crippen LogP contribution in [0.4, 0.5) is 5.95 Å². The van der Waals surface area contributed by atoms with Crippen molar-refractivity contribution in [3.05, 3.63) is 59.2 Å². The number of anilines is 1. The summed E-state index contributed by atoms with van der Waals surface area (Å²) in [4.78, 5) is 14.8. The fraction of sp³-hybridized carbons (Fsp3) is 0.278. The van der Waals surface area contributed by atoms with Crippen LogP contribution in [-0.2, 0) is 13.1 Å². The molecule has 0 aliphatic rings. The summed E-state index contributed by atoms with van der Waals surface area (Å²) >= 11 is 0. The number of hydrogen-bond acceptors (Lipinski definition) is 6. The van der Waals surface area contributed by atoms with Crippen LogP contribution in [-0.4, -0.2) is 26.9 Å². The second-order valence-electron chi connectivity index (χ2n) is 5.96. The maximum absolute atomic E-state index is 5.87. The van der Waals surface area contributed by atoms with E-state index in [0.29, 0.717) is 19.0 Å². The van der Waals surface area contributed by atoms with Crippen molar-refractivity contribution in [3.8, 4) is 11.5 Å². The van der Waals surface area contributed by atoms with Gasteiger partial charge in [-0.05, 0) is 32.5 Å². The molecule has 3 aromatic rings. The first-order chi connectivity index (χ1) is 11.5. The lowest BCUT2D eigenvalue weighted by molar-refractivity contribution is 0.312. The number of hydrogen-bond donors (Lipinski definition) is 1. The van der Waals surface area contributed by atoms with Crippen molar-refractivity contribution >= 4 is 5.95 Å². The number of aryl methyl sites for hydroxylation is 2. The van der Waals surface area contributed by atoms with Crippen molar-refractivity contribution in [1.82, 2.24) is 19.9 Å². The van der Waals surface area contributed by atoms with Crippen LogP contribution < -0.4 is 5.73 Å². The van der Waals surface area contributed by atoms with E-state index in [0.717, 1.165) is 28.1 Å². The van der Waals surface area contributed by atoms with Crippen molar-refractivity contribution in [2.75, 3.05) is 12.8 Å². The molecule has 0 saturated heterocycles. The molecule has 0 spiro atoms. The molecule has 0 radical (unpaired) electrons. The van der Waals surface area contributed by atoms with Crippen molar-refractivity contribution in [1.29, 1.82) is 0 Å². The molecular formula is C18H21N5O. The van der Waals surface area contributed by atoms with Gasteiger partial charge < -0.3 is 10.2 Å². The van der Waals surface area contributed by atoms with Gasteiger partial charge in [-0.1, -0.05) is 18.2 Å². The predicted molar refractivity (Wildman–Crippen MR) is 93.0 cm³/mol. The normalized spacial score (nSPS) is 11.2. The first-order valence-corrected chi connectivity index (χ1v) is 7.80. The minimum atomic E-state index is 0.289. The van der Waals surface area contributed by atoms with E-state index in [-0.39, 0.29) is 5.95 Å². The van der Waals surface area contributed by atoms with Gasteiger partial charge in [0.05, 0.1) is 5.69 Å². The van der Waals surface area contributed by atoms with Crippen LogP contribution in [0, 0.1) is 13.8 Å². The monoisotopic (exact) mass is 323 g/mol. The Kier molecular flexibility index (Phi) is 4.57. The smallest absolute Gasteiger partial charge is 0.226 e. The molecule has 0 unspecified atom stereocenters.